The molecule has 0 atom stereocenters. The quantitative estimate of drug-likeness (QED) is 0.839. The minimum atomic E-state index is -1.06. The summed E-state index contributed by atoms with van der Waals surface area (Å²) in [5.41, 5.74) is 0.0773. The molecule has 5 nitrogen and oxygen atoms in total. The monoisotopic (exact) mass is 279 g/mol. The van der Waals surface area contributed by atoms with Crippen LogP contribution in [0, 0.1) is 5.92 Å². The number of aromatic carboxylic acids is 1. The van der Waals surface area contributed by atoms with Gasteiger partial charge in [0, 0.05) is 19.0 Å². The number of furan rings is 1. The van der Waals surface area contributed by atoms with Crippen molar-refractivity contribution >= 4 is 11.9 Å². The van der Waals surface area contributed by atoms with Crippen molar-refractivity contribution < 1.29 is 19.1 Å². The second-order valence-corrected chi connectivity index (χ2v) is 5.30. The van der Waals surface area contributed by atoms with E-state index in [0.29, 0.717) is 24.6 Å². The molecule has 0 unspecified atom stereocenters. The van der Waals surface area contributed by atoms with E-state index in [0.717, 1.165) is 6.42 Å². The summed E-state index contributed by atoms with van der Waals surface area (Å²) in [7, 11) is 0. The third-order valence-corrected chi connectivity index (χ3v) is 3.90. The average Bonchev–Trinajstić information content (AvgIpc) is 3.07. The van der Waals surface area contributed by atoms with Gasteiger partial charge in [0.2, 0.25) is 0 Å². The maximum atomic E-state index is 11.9. The van der Waals surface area contributed by atoms with Crippen molar-refractivity contribution in [3.8, 4) is 0 Å². The van der Waals surface area contributed by atoms with Crippen LogP contribution in [0.3, 0.4) is 0 Å². The Morgan fingerprint density at radius 3 is 2.65 bits per heavy atom. The van der Waals surface area contributed by atoms with Crippen LogP contribution < -0.4 is 5.32 Å². The number of carbonyl (C=O) groups is 2. The Labute approximate surface area is 118 Å². The van der Waals surface area contributed by atoms with E-state index < -0.39 is 5.97 Å². The van der Waals surface area contributed by atoms with Crippen LogP contribution in [0.15, 0.2) is 10.5 Å². The van der Waals surface area contributed by atoms with Crippen molar-refractivity contribution in [2.75, 3.05) is 6.54 Å². The van der Waals surface area contributed by atoms with Crippen LogP contribution in [0.2, 0.25) is 0 Å². The zero-order chi connectivity index (χ0) is 14.5. The lowest BCUT2D eigenvalue weighted by molar-refractivity contribution is 0.0694. The van der Waals surface area contributed by atoms with Gasteiger partial charge in [0.1, 0.15) is 11.3 Å². The fourth-order valence-electron chi connectivity index (χ4n) is 2.76. The molecule has 110 valence electrons. The highest BCUT2D eigenvalue weighted by atomic mass is 16.4. The number of carboxylic acid groups (broad SMARTS) is 1. The molecule has 0 aromatic carbocycles. The molecule has 0 saturated heterocycles. The molecule has 1 aromatic rings. The van der Waals surface area contributed by atoms with Crippen molar-refractivity contribution in [3.05, 3.63) is 23.2 Å². The van der Waals surface area contributed by atoms with Crippen molar-refractivity contribution in [2.24, 2.45) is 5.92 Å². The van der Waals surface area contributed by atoms with Crippen LogP contribution in [0.25, 0.3) is 0 Å². The smallest absolute Gasteiger partial charge is 0.339 e. The Morgan fingerprint density at radius 1 is 1.40 bits per heavy atom. The summed E-state index contributed by atoms with van der Waals surface area (Å²) in [5.74, 6) is -0.238. The number of amides is 1. The molecule has 1 aliphatic rings. The van der Waals surface area contributed by atoms with Crippen molar-refractivity contribution in [1.82, 2.24) is 5.32 Å². The van der Waals surface area contributed by atoms with Gasteiger partial charge in [0.15, 0.2) is 5.76 Å². The molecular formula is C15H21NO4. The number of nitrogens with one attached hydrogen (secondary N) is 1. The van der Waals surface area contributed by atoms with Gasteiger partial charge in [-0.15, -0.1) is 0 Å². The Balaban J connectivity index is 1.89. The molecule has 1 saturated carbocycles. The van der Waals surface area contributed by atoms with Crippen molar-refractivity contribution in [3.63, 3.8) is 0 Å². The highest BCUT2D eigenvalue weighted by molar-refractivity contribution is 5.96. The van der Waals surface area contributed by atoms with E-state index in [4.69, 9.17) is 9.52 Å². The maximum absolute atomic E-state index is 11.9. The molecule has 1 amide bonds. The predicted molar refractivity (Wildman–Crippen MR) is 74.0 cm³/mol. The summed E-state index contributed by atoms with van der Waals surface area (Å²) in [6.07, 6.45) is 6.52. The van der Waals surface area contributed by atoms with Crippen LogP contribution >= 0.6 is 0 Å². The molecule has 1 fully saturated rings. The van der Waals surface area contributed by atoms with Crippen molar-refractivity contribution in [1.29, 1.82) is 0 Å². The summed E-state index contributed by atoms with van der Waals surface area (Å²) >= 11 is 0. The molecule has 2 N–H and O–H groups in total. The predicted octanol–water partition coefficient (Wildman–Crippen LogP) is 2.85. The van der Waals surface area contributed by atoms with E-state index in [1.165, 1.54) is 31.7 Å². The summed E-state index contributed by atoms with van der Waals surface area (Å²) in [4.78, 5) is 22.9. The van der Waals surface area contributed by atoms with Gasteiger partial charge in [0.25, 0.3) is 5.91 Å². The molecule has 1 aliphatic carbocycles. The molecule has 0 aliphatic heterocycles. The lowest BCUT2D eigenvalue weighted by Gasteiger charge is -2.08. The van der Waals surface area contributed by atoms with Gasteiger partial charge < -0.3 is 14.8 Å². The van der Waals surface area contributed by atoms with E-state index in [2.05, 4.69) is 5.32 Å². The fraction of sp³-hybridized carbons (Fsp3) is 0.600. The van der Waals surface area contributed by atoms with Gasteiger partial charge in [-0.25, -0.2) is 4.79 Å². The van der Waals surface area contributed by atoms with Crippen LogP contribution in [-0.2, 0) is 6.42 Å². The summed E-state index contributed by atoms with van der Waals surface area (Å²) < 4.78 is 5.32. The Hall–Kier alpha value is -1.78. The first kappa shape index (κ1) is 14.6. The zero-order valence-electron chi connectivity index (χ0n) is 11.8. The molecule has 0 bridgehead atoms. The van der Waals surface area contributed by atoms with E-state index in [-0.39, 0.29) is 17.2 Å². The molecule has 0 spiro atoms. The topological polar surface area (TPSA) is 79.5 Å². The average molecular weight is 279 g/mol. The van der Waals surface area contributed by atoms with Crippen LogP contribution in [0.1, 0.15) is 65.7 Å². The number of carbonyl (C=O) groups excluding carboxylic acids is 1. The van der Waals surface area contributed by atoms with Crippen LogP contribution in [-0.4, -0.2) is 23.5 Å². The minimum absolute atomic E-state index is 0.0773. The molecular weight excluding hydrogens is 258 g/mol. The molecule has 1 heterocycles. The lowest BCUT2D eigenvalue weighted by Crippen LogP contribution is -2.25. The first-order chi connectivity index (χ1) is 9.61. The number of rotatable bonds is 6. The Kier molecular flexibility index (Phi) is 4.82. The summed E-state index contributed by atoms with van der Waals surface area (Å²) in [6, 6.07) is 1.31. The summed E-state index contributed by atoms with van der Waals surface area (Å²) in [5, 5.41) is 11.8. The third kappa shape index (κ3) is 3.40. The van der Waals surface area contributed by atoms with Gasteiger partial charge in [-0.2, -0.15) is 0 Å². The number of hydrogen-bond acceptors (Lipinski definition) is 3. The Bertz CT molecular complexity index is 486. The Morgan fingerprint density at radius 2 is 2.10 bits per heavy atom. The van der Waals surface area contributed by atoms with Gasteiger partial charge in [-0.1, -0.05) is 32.6 Å². The number of hydrogen-bond donors (Lipinski definition) is 2. The molecule has 20 heavy (non-hydrogen) atoms. The van der Waals surface area contributed by atoms with Gasteiger partial charge in [0.05, 0.1) is 0 Å². The van der Waals surface area contributed by atoms with E-state index >= 15 is 0 Å². The van der Waals surface area contributed by atoms with Gasteiger partial charge in [-0.3, -0.25) is 4.79 Å². The maximum Gasteiger partial charge on any atom is 0.339 e. The first-order valence-electron chi connectivity index (χ1n) is 7.26. The van der Waals surface area contributed by atoms with E-state index in [1.54, 1.807) is 6.92 Å². The zero-order valence-corrected chi connectivity index (χ0v) is 11.8. The molecule has 0 radical (unpaired) electrons. The number of aryl methyl sites for hydroxylation is 1. The molecule has 5 heteroatoms. The summed E-state index contributed by atoms with van der Waals surface area (Å²) in [6.45, 7) is 2.42. The second kappa shape index (κ2) is 6.59. The third-order valence-electron chi connectivity index (χ3n) is 3.90. The van der Waals surface area contributed by atoms with Crippen LogP contribution in [0.4, 0.5) is 0 Å². The molecule has 2 rings (SSSR count). The highest BCUT2D eigenvalue weighted by Crippen LogP contribution is 2.27. The SMILES string of the molecule is CCc1oc(C(=O)NCCC2CCCC2)cc1C(=O)O. The lowest BCUT2D eigenvalue weighted by atomic mass is 10.0. The molecule has 1 aromatic heterocycles. The van der Waals surface area contributed by atoms with Crippen LogP contribution in [0.5, 0.6) is 0 Å². The normalized spacial score (nSPS) is 15.4. The largest absolute Gasteiger partial charge is 0.478 e. The second-order valence-electron chi connectivity index (χ2n) is 5.30. The minimum Gasteiger partial charge on any atom is -0.478 e. The fourth-order valence-corrected chi connectivity index (χ4v) is 2.76. The number of carboxylic acids is 1. The van der Waals surface area contributed by atoms with Gasteiger partial charge >= 0.3 is 5.97 Å². The van der Waals surface area contributed by atoms with E-state index in [9.17, 15) is 9.59 Å². The van der Waals surface area contributed by atoms with Gasteiger partial charge in [-0.05, 0) is 12.3 Å². The van der Waals surface area contributed by atoms with E-state index in [1.807, 2.05) is 0 Å². The highest BCUT2D eigenvalue weighted by Gasteiger charge is 2.20. The van der Waals surface area contributed by atoms with Crippen molar-refractivity contribution in [2.45, 2.75) is 45.4 Å². The standard InChI is InChI=1S/C15H21NO4/c1-2-12-11(15(18)19)9-13(20-12)14(17)16-8-7-10-5-3-4-6-10/h9-10H,2-8H2,1H3,(H,16,17)(H,18,19). The first-order valence-corrected chi connectivity index (χ1v) is 7.26.